The Kier molecular flexibility index (Phi) is 4.03. The minimum absolute atomic E-state index is 0.180. The van der Waals surface area contributed by atoms with E-state index in [9.17, 15) is 4.79 Å². The molecule has 1 aromatic carbocycles. The van der Waals surface area contributed by atoms with Crippen LogP contribution in [-0.4, -0.2) is 25.0 Å². The van der Waals surface area contributed by atoms with Gasteiger partial charge in [0, 0.05) is 18.5 Å². The minimum atomic E-state index is 0.180. The van der Waals surface area contributed by atoms with Crippen LogP contribution in [0.3, 0.4) is 0 Å². The van der Waals surface area contributed by atoms with E-state index in [4.69, 9.17) is 0 Å². The molecule has 1 aromatic rings. The van der Waals surface area contributed by atoms with Gasteiger partial charge in [-0.3, -0.25) is 4.79 Å². The maximum atomic E-state index is 12.3. The molecule has 3 rings (SSSR count). The van der Waals surface area contributed by atoms with Crippen molar-refractivity contribution >= 4 is 5.91 Å². The standard InChI is InChI=1S/C18H26N2O/c1-18(2)9-6-10-19-16(18)12-20-17(21)15-11-14(15)13-7-4-3-5-8-13/h3-5,7-8,14-16,19H,6,9-12H2,1-2H3,(H,20,21). The molecule has 2 N–H and O–H groups in total. The predicted octanol–water partition coefficient (Wildman–Crippen LogP) is 2.68. The summed E-state index contributed by atoms with van der Waals surface area (Å²) in [4.78, 5) is 12.3. The fraction of sp³-hybridized carbons (Fsp3) is 0.611. The summed E-state index contributed by atoms with van der Waals surface area (Å²) in [5.41, 5.74) is 1.57. The van der Waals surface area contributed by atoms with Gasteiger partial charge in [-0.05, 0) is 42.7 Å². The molecule has 3 nitrogen and oxygen atoms in total. The van der Waals surface area contributed by atoms with Crippen LogP contribution in [0, 0.1) is 11.3 Å². The molecule has 1 saturated heterocycles. The van der Waals surface area contributed by atoms with Gasteiger partial charge >= 0.3 is 0 Å². The largest absolute Gasteiger partial charge is 0.354 e. The van der Waals surface area contributed by atoms with Gasteiger partial charge in [0.25, 0.3) is 0 Å². The van der Waals surface area contributed by atoms with E-state index < -0.39 is 0 Å². The summed E-state index contributed by atoms with van der Waals surface area (Å²) in [6, 6.07) is 10.8. The lowest BCUT2D eigenvalue weighted by Gasteiger charge is -2.39. The van der Waals surface area contributed by atoms with Gasteiger partial charge < -0.3 is 10.6 Å². The Morgan fingerprint density at radius 3 is 2.81 bits per heavy atom. The van der Waals surface area contributed by atoms with E-state index in [1.807, 2.05) is 6.07 Å². The van der Waals surface area contributed by atoms with E-state index in [-0.39, 0.29) is 17.2 Å². The maximum Gasteiger partial charge on any atom is 0.223 e. The van der Waals surface area contributed by atoms with Crippen LogP contribution in [0.25, 0.3) is 0 Å². The van der Waals surface area contributed by atoms with E-state index in [1.165, 1.54) is 18.4 Å². The highest BCUT2D eigenvalue weighted by Crippen LogP contribution is 2.47. The Bertz CT molecular complexity index is 497. The predicted molar refractivity (Wildman–Crippen MR) is 85.1 cm³/mol. The fourth-order valence-electron chi connectivity index (χ4n) is 3.51. The van der Waals surface area contributed by atoms with Gasteiger partial charge in [-0.15, -0.1) is 0 Å². The van der Waals surface area contributed by atoms with Crippen LogP contribution in [0.5, 0.6) is 0 Å². The average Bonchev–Trinajstić information content (AvgIpc) is 3.27. The molecule has 1 aliphatic carbocycles. The van der Waals surface area contributed by atoms with Crippen molar-refractivity contribution in [1.82, 2.24) is 10.6 Å². The van der Waals surface area contributed by atoms with Crippen LogP contribution in [-0.2, 0) is 4.79 Å². The summed E-state index contributed by atoms with van der Waals surface area (Å²) in [5.74, 6) is 0.838. The first-order chi connectivity index (χ1) is 10.1. The number of rotatable bonds is 4. The average molecular weight is 286 g/mol. The SMILES string of the molecule is CC1(C)CCCNC1CNC(=O)C1CC1c1ccccc1. The molecule has 1 aliphatic heterocycles. The molecule has 21 heavy (non-hydrogen) atoms. The van der Waals surface area contributed by atoms with Crippen LogP contribution < -0.4 is 10.6 Å². The zero-order valence-corrected chi connectivity index (χ0v) is 13.1. The number of amides is 1. The number of benzene rings is 1. The summed E-state index contributed by atoms with van der Waals surface area (Å²) in [6.45, 7) is 6.41. The zero-order chi connectivity index (χ0) is 14.9. The van der Waals surface area contributed by atoms with Crippen LogP contribution >= 0.6 is 0 Å². The van der Waals surface area contributed by atoms with Gasteiger partial charge in [0.1, 0.15) is 0 Å². The van der Waals surface area contributed by atoms with E-state index >= 15 is 0 Å². The second kappa shape index (κ2) is 5.80. The molecule has 2 fully saturated rings. The van der Waals surface area contributed by atoms with Gasteiger partial charge in [0.2, 0.25) is 5.91 Å². The Morgan fingerprint density at radius 2 is 2.10 bits per heavy atom. The molecule has 2 aliphatic rings. The third-order valence-corrected chi connectivity index (χ3v) is 5.17. The highest BCUT2D eigenvalue weighted by atomic mass is 16.2. The van der Waals surface area contributed by atoms with Crippen molar-refractivity contribution in [2.24, 2.45) is 11.3 Å². The van der Waals surface area contributed by atoms with E-state index in [1.54, 1.807) is 0 Å². The lowest BCUT2D eigenvalue weighted by molar-refractivity contribution is -0.122. The van der Waals surface area contributed by atoms with Crippen molar-refractivity contribution in [3.8, 4) is 0 Å². The lowest BCUT2D eigenvalue weighted by atomic mass is 9.77. The monoisotopic (exact) mass is 286 g/mol. The molecule has 0 bridgehead atoms. The number of piperidine rings is 1. The number of hydrogen-bond donors (Lipinski definition) is 2. The molecule has 1 saturated carbocycles. The van der Waals surface area contributed by atoms with Gasteiger partial charge in [0.15, 0.2) is 0 Å². The first-order valence-corrected chi connectivity index (χ1v) is 8.14. The number of carbonyl (C=O) groups excluding carboxylic acids is 1. The van der Waals surface area contributed by atoms with Gasteiger partial charge in [-0.2, -0.15) is 0 Å². The van der Waals surface area contributed by atoms with Gasteiger partial charge in [-0.1, -0.05) is 44.2 Å². The molecule has 1 amide bonds. The molecule has 0 aromatic heterocycles. The van der Waals surface area contributed by atoms with Crippen LogP contribution in [0.15, 0.2) is 30.3 Å². The second-order valence-corrected chi connectivity index (χ2v) is 7.20. The molecule has 1 heterocycles. The van der Waals surface area contributed by atoms with Crippen molar-refractivity contribution < 1.29 is 4.79 Å². The van der Waals surface area contributed by atoms with E-state index in [2.05, 4.69) is 48.7 Å². The summed E-state index contributed by atoms with van der Waals surface area (Å²) >= 11 is 0. The van der Waals surface area contributed by atoms with Crippen molar-refractivity contribution in [3.05, 3.63) is 35.9 Å². The molecule has 0 radical (unpaired) electrons. The quantitative estimate of drug-likeness (QED) is 0.893. The smallest absolute Gasteiger partial charge is 0.223 e. The summed E-state index contributed by atoms with van der Waals surface area (Å²) < 4.78 is 0. The molecule has 114 valence electrons. The molecule has 0 spiro atoms. The Balaban J connectivity index is 1.50. The second-order valence-electron chi connectivity index (χ2n) is 7.20. The van der Waals surface area contributed by atoms with Gasteiger partial charge in [-0.25, -0.2) is 0 Å². The Labute approximate surface area is 127 Å². The molecule has 3 unspecified atom stereocenters. The van der Waals surface area contributed by atoms with Crippen LogP contribution in [0.4, 0.5) is 0 Å². The normalized spacial score (nSPS) is 30.7. The first kappa shape index (κ1) is 14.6. The molecular formula is C18H26N2O. The third kappa shape index (κ3) is 3.29. The summed E-state index contributed by atoms with van der Waals surface area (Å²) in [7, 11) is 0. The number of hydrogen-bond acceptors (Lipinski definition) is 2. The zero-order valence-electron chi connectivity index (χ0n) is 13.1. The van der Waals surface area contributed by atoms with Crippen molar-refractivity contribution in [2.75, 3.05) is 13.1 Å². The summed E-state index contributed by atoms with van der Waals surface area (Å²) in [5, 5.41) is 6.72. The Morgan fingerprint density at radius 1 is 1.33 bits per heavy atom. The van der Waals surface area contributed by atoms with Crippen LogP contribution in [0.2, 0.25) is 0 Å². The summed E-state index contributed by atoms with van der Waals surface area (Å²) in [6.07, 6.45) is 3.46. The Hall–Kier alpha value is -1.35. The highest BCUT2D eigenvalue weighted by Gasteiger charge is 2.44. The number of nitrogens with one attached hydrogen (secondary N) is 2. The van der Waals surface area contributed by atoms with Crippen LogP contribution in [0.1, 0.15) is 44.6 Å². The van der Waals surface area contributed by atoms with E-state index in [0.717, 1.165) is 19.5 Å². The fourth-order valence-corrected chi connectivity index (χ4v) is 3.51. The maximum absolute atomic E-state index is 12.3. The molecular weight excluding hydrogens is 260 g/mol. The van der Waals surface area contributed by atoms with Crippen molar-refractivity contribution in [1.29, 1.82) is 0 Å². The van der Waals surface area contributed by atoms with Crippen molar-refractivity contribution in [2.45, 2.75) is 45.1 Å². The first-order valence-electron chi connectivity index (χ1n) is 8.14. The molecule has 3 heteroatoms. The lowest BCUT2D eigenvalue weighted by Crippen LogP contribution is -2.53. The van der Waals surface area contributed by atoms with Crippen molar-refractivity contribution in [3.63, 3.8) is 0 Å². The molecule has 3 atom stereocenters. The highest BCUT2D eigenvalue weighted by molar-refractivity contribution is 5.82. The van der Waals surface area contributed by atoms with E-state index in [0.29, 0.717) is 12.0 Å². The van der Waals surface area contributed by atoms with Gasteiger partial charge in [0.05, 0.1) is 0 Å². The minimum Gasteiger partial charge on any atom is -0.354 e. The topological polar surface area (TPSA) is 41.1 Å². The third-order valence-electron chi connectivity index (χ3n) is 5.17. The number of carbonyl (C=O) groups is 1.